The summed E-state index contributed by atoms with van der Waals surface area (Å²) in [6.45, 7) is 11.2. The van der Waals surface area contributed by atoms with Crippen LogP contribution in [0.4, 0.5) is 27.5 Å². The summed E-state index contributed by atoms with van der Waals surface area (Å²) in [7, 11) is 3.86. The van der Waals surface area contributed by atoms with Crippen LogP contribution in [-0.2, 0) is 21.9 Å². The number of sulfonamides is 1. The molecule has 1 aromatic heterocycles. The molecule has 0 spiro atoms. The topological polar surface area (TPSA) is 145 Å². The number of benzene rings is 4. The van der Waals surface area contributed by atoms with Crippen LogP contribution in [0, 0.1) is 0 Å². The lowest BCUT2D eigenvalue weighted by Gasteiger charge is -2.32. The first-order valence-corrected chi connectivity index (χ1v) is 22.0. The van der Waals surface area contributed by atoms with Crippen LogP contribution in [0.5, 0.6) is 17.2 Å². The van der Waals surface area contributed by atoms with Gasteiger partial charge in [-0.3, -0.25) is 14.5 Å². The zero-order valence-electron chi connectivity index (χ0n) is 35.9. The molecule has 2 amide bonds. The van der Waals surface area contributed by atoms with Crippen molar-refractivity contribution in [1.29, 1.82) is 0 Å². The lowest BCUT2D eigenvalue weighted by Crippen LogP contribution is -2.44. The van der Waals surface area contributed by atoms with Gasteiger partial charge in [-0.15, -0.1) is 0 Å². The third-order valence-electron chi connectivity index (χ3n) is 10.6. The number of nitrogens with zero attached hydrogens (tertiary/aromatic N) is 4. The number of carbonyl (C=O) groups is 2. The fourth-order valence-electron chi connectivity index (χ4n) is 7.31. The van der Waals surface area contributed by atoms with Gasteiger partial charge in [0.05, 0.1) is 30.4 Å². The number of likely N-dealkylation sites (N-methyl/N-ethyl adjacent to an activating group) is 1. The van der Waals surface area contributed by atoms with E-state index in [1.54, 1.807) is 36.5 Å². The summed E-state index contributed by atoms with van der Waals surface area (Å²) in [5, 5.41) is 7.34. The molecule has 6 rings (SSSR count). The van der Waals surface area contributed by atoms with Gasteiger partial charge < -0.3 is 34.8 Å². The molecule has 0 saturated carbocycles. The van der Waals surface area contributed by atoms with Crippen molar-refractivity contribution in [1.82, 2.24) is 14.8 Å². The minimum Gasteiger partial charge on any atom is -0.492 e. The first kappa shape index (κ1) is 43.9. The van der Waals surface area contributed by atoms with E-state index in [0.717, 1.165) is 84.2 Å². The van der Waals surface area contributed by atoms with Gasteiger partial charge in [0.2, 0.25) is 10.0 Å². The number of nitrogens with one attached hydrogen (secondary N) is 3. The molecule has 3 N–H and O–H groups in total. The van der Waals surface area contributed by atoms with Crippen LogP contribution in [-0.4, -0.2) is 102 Å². The SMILES string of the molecule is COc1c(NC(=O)Nc2ccc(Oc3ccnc(Cc4ccc(C(=O)CCCN5CCN(C)CC5)c(N(C)C)c4)c3)c3ccccc23)cc(C(C)(C)C)cc1NS(C)(=O)=O. The Bertz CT molecular complexity index is 2460. The Kier molecular flexibility index (Phi) is 13.7. The van der Waals surface area contributed by atoms with E-state index in [1.165, 1.54) is 7.11 Å². The lowest BCUT2D eigenvalue weighted by molar-refractivity contribution is 0.0967. The third-order valence-corrected chi connectivity index (χ3v) is 11.1. The second-order valence-corrected chi connectivity index (χ2v) is 18.4. The van der Waals surface area contributed by atoms with Crippen molar-refractivity contribution in [3.05, 3.63) is 107 Å². The second-order valence-electron chi connectivity index (χ2n) is 16.6. The summed E-state index contributed by atoms with van der Waals surface area (Å²) in [6, 6.07) is 23.9. The fourth-order valence-corrected chi connectivity index (χ4v) is 7.86. The van der Waals surface area contributed by atoms with Crippen molar-refractivity contribution in [2.75, 3.05) is 87.5 Å². The van der Waals surface area contributed by atoms with Crippen molar-refractivity contribution in [2.45, 2.75) is 45.4 Å². The molecule has 60 heavy (non-hydrogen) atoms. The molecule has 0 bridgehead atoms. The number of methoxy groups -OCH3 is 1. The summed E-state index contributed by atoms with van der Waals surface area (Å²) in [5.74, 6) is 1.54. The molecule has 4 aromatic carbocycles. The number of hydrogen-bond donors (Lipinski definition) is 3. The average molecular weight is 836 g/mol. The number of Topliss-reactive ketones (excluding diaryl/α,β-unsaturated/α-hetero) is 1. The van der Waals surface area contributed by atoms with Crippen LogP contribution in [0.25, 0.3) is 10.8 Å². The Balaban J connectivity index is 1.15. The molecule has 1 saturated heterocycles. The summed E-state index contributed by atoms with van der Waals surface area (Å²) in [6.07, 6.45) is 4.68. The van der Waals surface area contributed by atoms with Gasteiger partial charge in [0.25, 0.3) is 0 Å². The average Bonchev–Trinajstić information content (AvgIpc) is 3.18. The molecule has 5 aromatic rings. The van der Waals surface area contributed by atoms with Gasteiger partial charge in [0, 0.05) is 93.1 Å². The van der Waals surface area contributed by atoms with E-state index in [2.05, 4.69) is 43.3 Å². The number of fused-ring (bicyclic) bond motifs is 1. The minimum atomic E-state index is -3.64. The number of ether oxygens (including phenoxy) is 2. The number of ketones is 1. The van der Waals surface area contributed by atoms with Gasteiger partial charge in [-0.1, -0.05) is 51.1 Å². The number of pyridine rings is 1. The number of urea groups is 1. The van der Waals surface area contributed by atoms with Crippen LogP contribution < -0.4 is 29.7 Å². The monoisotopic (exact) mass is 835 g/mol. The Hall–Kier alpha value is -5.70. The third kappa shape index (κ3) is 11.3. The van der Waals surface area contributed by atoms with E-state index in [0.29, 0.717) is 35.7 Å². The smallest absolute Gasteiger partial charge is 0.323 e. The number of anilines is 4. The first-order valence-electron chi connectivity index (χ1n) is 20.1. The summed E-state index contributed by atoms with van der Waals surface area (Å²) >= 11 is 0. The number of piperazine rings is 1. The largest absolute Gasteiger partial charge is 0.492 e. The first-order chi connectivity index (χ1) is 28.5. The van der Waals surface area contributed by atoms with E-state index >= 15 is 0 Å². The van der Waals surface area contributed by atoms with Crippen LogP contribution >= 0.6 is 0 Å². The van der Waals surface area contributed by atoms with Crippen LogP contribution in [0.3, 0.4) is 0 Å². The predicted molar refractivity (Wildman–Crippen MR) is 242 cm³/mol. The molecule has 1 aliphatic rings. The molecule has 0 aliphatic carbocycles. The lowest BCUT2D eigenvalue weighted by atomic mass is 9.86. The standard InChI is InChI=1S/C46H57N7O6S/c1-46(2,3)32-28-39(44(58-7)40(29-32)50-60(8,56)57)49-45(55)48-38-17-18-43(36-13-10-9-12-35(36)38)59-34-19-20-47-33(30-34)26-31-15-16-37(41(27-31)51(4)5)42(54)14-11-21-53-24-22-52(6)23-25-53/h9-10,12-13,15-20,27-30,50H,11,14,21-26H2,1-8H3,(H2,48,49,55). The highest BCUT2D eigenvalue weighted by molar-refractivity contribution is 7.92. The number of rotatable bonds is 15. The quantitative estimate of drug-likeness (QED) is 0.0883. The molecular formula is C46H57N7O6S. The molecule has 2 heterocycles. The molecule has 1 aliphatic heterocycles. The number of hydrogen-bond acceptors (Lipinski definition) is 10. The maximum absolute atomic E-state index is 13.6. The van der Waals surface area contributed by atoms with Gasteiger partial charge in [-0.2, -0.15) is 0 Å². The molecule has 0 radical (unpaired) electrons. The van der Waals surface area contributed by atoms with E-state index in [1.807, 2.05) is 82.2 Å². The Morgan fingerprint density at radius 3 is 2.25 bits per heavy atom. The van der Waals surface area contributed by atoms with E-state index in [4.69, 9.17) is 9.47 Å². The van der Waals surface area contributed by atoms with Gasteiger partial charge in [0.1, 0.15) is 11.5 Å². The van der Waals surface area contributed by atoms with Gasteiger partial charge >= 0.3 is 6.03 Å². The maximum Gasteiger partial charge on any atom is 0.323 e. The van der Waals surface area contributed by atoms with Gasteiger partial charge in [-0.05, 0) is 79.0 Å². The molecule has 0 unspecified atom stereocenters. The predicted octanol–water partition coefficient (Wildman–Crippen LogP) is 8.22. The highest BCUT2D eigenvalue weighted by Crippen LogP contribution is 2.40. The van der Waals surface area contributed by atoms with Crippen molar-refractivity contribution in [2.24, 2.45) is 0 Å². The van der Waals surface area contributed by atoms with Crippen LogP contribution in [0.1, 0.15) is 60.8 Å². The number of amides is 2. The van der Waals surface area contributed by atoms with Crippen molar-refractivity contribution in [3.63, 3.8) is 0 Å². The van der Waals surface area contributed by atoms with Crippen LogP contribution in [0.2, 0.25) is 0 Å². The molecule has 0 atom stereocenters. The highest BCUT2D eigenvalue weighted by Gasteiger charge is 2.23. The van der Waals surface area contributed by atoms with E-state index < -0.39 is 16.1 Å². The zero-order chi connectivity index (χ0) is 43.2. The van der Waals surface area contributed by atoms with Crippen molar-refractivity contribution in [3.8, 4) is 17.2 Å². The molecular weight excluding hydrogens is 779 g/mol. The molecule has 14 heteroatoms. The second kappa shape index (κ2) is 18.7. The summed E-state index contributed by atoms with van der Waals surface area (Å²) in [5.41, 5.74) is 4.97. The Morgan fingerprint density at radius 1 is 0.867 bits per heavy atom. The number of aromatic nitrogens is 1. The molecule has 1 fully saturated rings. The van der Waals surface area contributed by atoms with E-state index in [9.17, 15) is 18.0 Å². The zero-order valence-corrected chi connectivity index (χ0v) is 36.7. The highest BCUT2D eigenvalue weighted by atomic mass is 32.2. The Morgan fingerprint density at radius 2 is 1.57 bits per heavy atom. The van der Waals surface area contributed by atoms with Crippen LogP contribution in [0.15, 0.2) is 85.1 Å². The maximum atomic E-state index is 13.6. The van der Waals surface area contributed by atoms with Gasteiger partial charge in [-0.25, -0.2) is 13.2 Å². The fraction of sp³-hybridized carbons (Fsp3) is 0.370. The summed E-state index contributed by atoms with van der Waals surface area (Å²) in [4.78, 5) is 38.3. The molecule has 318 valence electrons. The summed E-state index contributed by atoms with van der Waals surface area (Å²) < 4.78 is 38.9. The van der Waals surface area contributed by atoms with Crippen molar-refractivity contribution < 1.29 is 27.5 Å². The normalized spacial score (nSPS) is 13.8. The van der Waals surface area contributed by atoms with Gasteiger partial charge in [0.15, 0.2) is 11.5 Å². The van der Waals surface area contributed by atoms with Crippen molar-refractivity contribution >= 4 is 55.4 Å². The Labute approximate surface area is 354 Å². The van der Waals surface area contributed by atoms with E-state index in [-0.39, 0.29) is 22.6 Å². The molecule has 13 nitrogen and oxygen atoms in total. The minimum absolute atomic E-state index is 0.158. The number of carbonyl (C=O) groups excluding carboxylic acids is 2.